The highest BCUT2D eigenvalue weighted by Crippen LogP contribution is 2.42. The molecule has 1 aliphatic heterocycles. The Labute approximate surface area is 240 Å². The van der Waals surface area contributed by atoms with Gasteiger partial charge >= 0.3 is 0 Å². The van der Waals surface area contributed by atoms with Crippen molar-refractivity contribution >= 4 is 57.0 Å². The van der Waals surface area contributed by atoms with Gasteiger partial charge < -0.3 is 25.6 Å². The van der Waals surface area contributed by atoms with E-state index in [0.717, 1.165) is 66.0 Å². The molecule has 0 radical (unpaired) electrons. The van der Waals surface area contributed by atoms with Crippen molar-refractivity contribution in [2.45, 2.75) is 32.4 Å². The normalized spacial score (nSPS) is 14.8. The molecule has 1 aromatic heterocycles. The predicted octanol–water partition coefficient (Wildman–Crippen LogP) is 6.90. The van der Waals surface area contributed by atoms with Crippen molar-refractivity contribution in [3.8, 4) is 11.1 Å². The van der Waals surface area contributed by atoms with Crippen molar-refractivity contribution in [3.05, 3.63) is 64.6 Å². The molecule has 3 aromatic carbocycles. The van der Waals surface area contributed by atoms with E-state index >= 15 is 0 Å². The first-order valence-corrected chi connectivity index (χ1v) is 14.0. The molecule has 9 heteroatoms. The van der Waals surface area contributed by atoms with Crippen LogP contribution in [0.4, 0.5) is 22.9 Å². The molecule has 0 spiro atoms. The molecule has 7 nitrogen and oxygen atoms in total. The number of hydrogen-bond acceptors (Lipinski definition) is 6. The Morgan fingerprint density at radius 3 is 2.28 bits per heavy atom. The van der Waals surface area contributed by atoms with Gasteiger partial charge in [-0.1, -0.05) is 29.3 Å². The van der Waals surface area contributed by atoms with Gasteiger partial charge in [0.05, 0.1) is 16.5 Å². The molecule has 3 N–H and O–H groups in total. The Morgan fingerprint density at radius 1 is 0.974 bits per heavy atom. The lowest BCUT2D eigenvalue weighted by atomic mass is 9.99. The summed E-state index contributed by atoms with van der Waals surface area (Å²) in [5, 5.41) is 10.2. The van der Waals surface area contributed by atoms with E-state index in [0.29, 0.717) is 22.4 Å². The maximum atomic E-state index is 6.68. The van der Waals surface area contributed by atoms with Gasteiger partial charge in [0.25, 0.3) is 0 Å². The van der Waals surface area contributed by atoms with Crippen LogP contribution in [0, 0.1) is 0 Å². The van der Waals surface area contributed by atoms with Crippen molar-refractivity contribution in [1.29, 1.82) is 0 Å². The Hall–Kier alpha value is -2.97. The number of nitrogens with zero attached hydrogens (tertiary/aromatic N) is 4. The Morgan fingerprint density at radius 2 is 1.64 bits per heavy atom. The lowest BCUT2D eigenvalue weighted by Crippen LogP contribution is -2.44. The minimum absolute atomic E-state index is 0.288. The highest BCUT2D eigenvalue weighted by molar-refractivity contribution is 6.40. The van der Waals surface area contributed by atoms with Gasteiger partial charge in [0, 0.05) is 72.5 Å². The molecule has 1 saturated heterocycles. The van der Waals surface area contributed by atoms with E-state index in [-0.39, 0.29) is 5.60 Å². The van der Waals surface area contributed by atoms with Crippen LogP contribution < -0.4 is 16.0 Å². The maximum absolute atomic E-state index is 6.68. The minimum Gasteiger partial charge on any atom is -0.382 e. The smallest absolute Gasteiger partial charge is 0.154 e. The van der Waals surface area contributed by atoms with Gasteiger partial charge in [0.2, 0.25) is 0 Å². The van der Waals surface area contributed by atoms with Crippen molar-refractivity contribution < 1.29 is 4.74 Å². The summed E-state index contributed by atoms with van der Waals surface area (Å²) in [5.74, 6) is 0.439. The summed E-state index contributed by atoms with van der Waals surface area (Å²) in [6.45, 7) is 9.00. The maximum Gasteiger partial charge on any atom is 0.154 e. The summed E-state index contributed by atoms with van der Waals surface area (Å²) in [5.41, 5.74) is 11.8. The molecule has 0 aliphatic carbocycles. The molecule has 39 heavy (non-hydrogen) atoms. The predicted molar refractivity (Wildman–Crippen MR) is 165 cm³/mol. The van der Waals surface area contributed by atoms with Crippen LogP contribution >= 0.6 is 23.2 Å². The minimum atomic E-state index is -0.288. The number of aryl methyl sites for hydroxylation is 1. The van der Waals surface area contributed by atoms with Gasteiger partial charge in [-0.3, -0.25) is 4.68 Å². The van der Waals surface area contributed by atoms with Crippen LogP contribution in [-0.2, 0) is 11.3 Å². The number of halogens is 2. The molecule has 0 bridgehead atoms. The average molecular weight is 568 g/mol. The largest absolute Gasteiger partial charge is 0.382 e. The van der Waals surface area contributed by atoms with Crippen LogP contribution in [0.2, 0.25) is 10.0 Å². The molecule has 0 amide bonds. The summed E-state index contributed by atoms with van der Waals surface area (Å²) in [6, 6.07) is 18.2. The second kappa shape index (κ2) is 11.3. The summed E-state index contributed by atoms with van der Waals surface area (Å²) in [7, 11) is 3.90. The zero-order valence-corrected chi connectivity index (χ0v) is 24.5. The number of ether oxygens (including phenoxy) is 1. The molecule has 1 fully saturated rings. The van der Waals surface area contributed by atoms with Crippen molar-refractivity contribution in [2.75, 3.05) is 56.3 Å². The Balaban J connectivity index is 1.53. The monoisotopic (exact) mass is 566 g/mol. The van der Waals surface area contributed by atoms with Crippen LogP contribution in [-0.4, -0.2) is 60.6 Å². The van der Waals surface area contributed by atoms with E-state index in [4.69, 9.17) is 38.8 Å². The first kappa shape index (κ1) is 27.6. The lowest BCUT2D eigenvalue weighted by molar-refractivity contribution is 0.0116. The number of nitrogens with one attached hydrogen (secondary N) is 1. The molecule has 4 aromatic rings. The second-order valence-electron chi connectivity index (χ2n) is 10.8. The molecule has 0 saturated carbocycles. The number of aromatic nitrogens is 2. The van der Waals surface area contributed by atoms with E-state index in [2.05, 4.69) is 66.3 Å². The lowest BCUT2D eigenvalue weighted by Gasteiger charge is -2.34. The topological polar surface area (TPSA) is 71.6 Å². The fourth-order valence-corrected chi connectivity index (χ4v) is 5.59. The van der Waals surface area contributed by atoms with Gasteiger partial charge in [-0.05, 0) is 81.4 Å². The number of likely N-dealkylation sites (N-methyl/N-ethyl adjacent to an activating group) is 1. The highest BCUT2D eigenvalue weighted by Gasteiger charge is 2.22. The highest BCUT2D eigenvalue weighted by atomic mass is 35.5. The van der Waals surface area contributed by atoms with Crippen LogP contribution in [0.1, 0.15) is 20.3 Å². The summed E-state index contributed by atoms with van der Waals surface area (Å²) in [4.78, 5) is 4.79. The van der Waals surface area contributed by atoms with E-state index in [1.807, 2.05) is 28.9 Å². The van der Waals surface area contributed by atoms with Gasteiger partial charge in [-0.15, -0.1) is 0 Å². The Kier molecular flexibility index (Phi) is 7.96. The molecule has 206 valence electrons. The third-order valence-corrected chi connectivity index (χ3v) is 8.24. The number of hydrogen-bond donors (Lipinski definition) is 2. The molecule has 0 atom stereocenters. The Bertz CT molecular complexity index is 1440. The zero-order valence-electron chi connectivity index (χ0n) is 23.0. The summed E-state index contributed by atoms with van der Waals surface area (Å²) >= 11 is 13.4. The van der Waals surface area contributed by atoms with Gasteiger partial charge in [0.1, 0.15) is 0 Å². The number of piperazine rings is 1. The summed E-state index contributed by atoms with van der Waals surface area (Å²) < 4.78 is 7.58. The number of nitrogen functional groups attached to an aromatic ring is 1. The summed E-state index contributed by atoms with van der Waals surface area (Å²) in [6.07, 6.45) is 0.771. The van der Waals surface area contributed by atoms with Crippen molar-refractivity contribution in [3.63, 3.8) is 0 Å². The zero-order chi connectivity index (χ0) is 27.7. The first-order valence-electron chi connectivity index (χ1n) is 13.3. The number of rotatable bonds is 8. The quantitative estimate of drug-likeness (QED) is 0.241. The van der Waals surface area contributed by atoms with Crippen LogP contribution in [0.5, 0.6) is 0 Å². The molecular formula is C30H36Cl2N6O. The first-order chi connectivity index (χ1) is 18.6. The van der Waals surface area contributed by atoms with Gasteiger partial charge in [-0.25, -0.2) is 0 Å². The molecule has 1 aliphatic rings. The van der Waals surface area contributed by atoms with Crippen molar-refractivity contribution in [2.24, 2.45) is 0 Å². The van der Waals surface area contributed by atoms with Gasteiger partial charge in [0.15, 0.2) is 5.82 Å². The molecule has 2 heterocycles. The SMILES string of the molecule is COC(C)(C)CCn1nc(N)c2c(-c3c(Cl)cccc3Cl)cc(Nc3ccc(N4CCN(C)CC4)cc3)cc21. The van der Waals surface area contributed by atoms with Crippen molar-refractivity contribution in [1.82, 2.24) is 14.7 Å². The number of anilines is 4. The number of methoxy groups -OCH3 is 1. The standard InChI is InChI=1S/C30H36Cl2N6O/c1-30(2,39-4)12-13-38-26-19-21(34-20-8-10-22(11-9-20)37-16-14-36(3)15-17-37)18-23(28(26)29(33)35-38)27-24(31)6-5-7-25(27)32/h5-11,18-19,34H,12-17H2,1-4H3,(H2,33,35). The second-order valence-corrected chi connectivity index (χ2v) is 11.6. The van der Waals surface area contributed by atoms with E-state index in [1.54, 1.807) is 7.11 Å². The van der Waals surface area contributed by atoms with E-state index in [1.165, 1.54) is 5.69 Å². The third-order valence-electron chi connectivity index (χ3n) is 7.61. The number of benzene rings is 3. The van der Waals surface area contributed by atoms with Crippen LogP contribution in [0.25, 0.3) is 22.0 Å². The average Bonchev–Trinajstić information content (AvgIpc) is 3.23. The molecule has 0 unspecified atom stereocenters. The number of fused-ring (bicyclic) bond motifs is 1. The van der Waals surface area contributed by atoms with Crippen LogP contribution in [0.15, 0.2) is 54.6 Å². The number of nitrogens with two attached hydrogens (primary N) is 1. The fraction of sp³-hybridized carbons (Fsp3) is 0.367. The molecule has 5 rings (SSSR count). The fourth-order valence-electron chi connectivity index (χ4n) is 4.99. The van der Waals surface area contributed by atoms with E-state index < -0.39 is 0 Å². The van der Waals surface area contributed by atoms with Gasteiger partial charge in [-0.2, -0.15) is 5.10 Å². The molecular weight excluding hydrogens is 531 g/mol. The third kappa shape index (κ3) is 5.97. The van der Waals surface area contributed by atoms with E-state index in [9.17, 15) is 0 Å². The van der Waals surface area contributed by atoms with Crippen LogP contribution in [0.3, 0.4) is 0 Å².